The van der Waals surface area contributed by atoms with Gasteiger partial charge in [-0.05, 0) is 30.7 Å². The maximum absolute atomic E-state index is 12.2. The lowest BCUT2D eigenvalue weighted by atomic mass is 10.1. The van der Waals surface area contributed by atoms with Gasteiger partial charge in [0.15, 0.2) is 6.61 Å². The summed E-state index contributed by atoms with van der Waals surface area (Å²) in [6.07, 6.45) is 0. The summed E-state index contributed by atoms with van der Waals surface area (Å²) in [6.45, 7) is 1.92. The van der Waals surface area contributed by atoms with E-state index < -0.39 is 0 Å². The number of nitrogens with one attached hydrogen (secondary N) is 1. The molecule has 4 nitrogen and oxygen atoms in total. The van der Waals surface area contributed by atoms with Crippen LogP contribution in [-0.4, -0.2) is 17.5 Å². The molecule has 0 radical (unpaired) electrons. The Morgan fingerprint density at radius 1 is 0.931 bits per heavy atom. The van der Waals surface area contributed by atoms with Crippen molar-refractivity contribution in [3.63, 3.8) is 0 Å². The normalized spacial score (nSPS) is 10.5. The molecule has 1 aromatic heterocycles. The number of para-hydroxylation sites is 1. The minimum atomic E-state index is -0.193. The Labute approximate surface area is 173 Å². The third kappa shape index (κ3) is 4.70. The predicted octanol–water partition coefficient (Wildman–Crippen LogP) is 5.80. The fraction of sp³-hybridized carbons (Fsp3) is 0.0833. The van der Waals surface area contributed by atoms with Gasteiger partial charge in [0.25, 0.3) is 5.91 Å². The molecule has 0 aliphatic carbocycles. The van der Waals surface area contributed by atoms with Crippen molar-refractivity contribution in [2.75, 3.05) is 11.9 Å². The summed E-state index contributed by atoms with van der Waals surface area (Å²) in [4.78, 5) is 16.9. The van der Waals surface area contributed by atoms with Crippen LogP contribution >= 0.6 is 11.3 Å². The lowest BCUT2D eigenvalue weighted by Gasteiger charge is -2.09. The van der Waals surface area contributed by atoms with E-state index >= 15 is 0 Å². The highest BCUT2D eigenvalue weighted by molar-refractivity contribution is 7.13. The number of hydrogen-bond acceptors (Lipinski definition) is 4. The van der Waals surface area contributed by atoms with Crippen LogP contribution in [0.15, 0.2) is 84.2 Å². The molecule has 0 saturated heterocycles. The highest BCUT2D eigenvalue weighted by Crippen LogP contribution is 2.29. The molecule has 29 heavy (non-hydrogen) atoms. The quantitative estimate of drug-likeness (QED) is 0.445. The van der Waals surface area contributed by atoms with Crippen LogP contribution in [0, 0.1) is 6.92 Å². The number of rotatable bonds is 6. The second-order valence-corrected chi connectivity index (χ2v) is 7.44. The van der Waals surface area contributed by atoms with Gasteiger partial charge in [0.1, 0.15) is 10.8 Å². The lowest BCUT2D eigenvalue weighted by molar-refractivity contribution is -0.118. The first-order chi connectivity index (χ1) is 14.2. The second-order valence-electron chi connectivity index (χ2n) is 6.58. The van der Waals surface area contributed by atoms with E-state index in [9.17, 15) is 4.79 Å². The molecule has 4 rings (SSSR count). The Bertz CT molecular complexity index is 1110. The van der Waals surface area contributed by atoms with Crippen molar-refractivity contribution in [2.45, 2.75) is 6.92 Å². The SMILES string of the molecule is Cc1ccccc1OCC(=O)Nc1ccc(-c2csc(-c3ccccc3)n2)cc1. The number of nitrogens with zero attached hydrogens (tertiary/aromatic N) is 1. The van der Waals surface area contributed by atoms with E-state index in [-0.39, 0.29) is 12.5 Å². The van der Waals surface area contributed by atoms with E-state index in [1.165, 1.54) is 0 Å². The average molecular weight is 401 g/mol. The summed E-state index contributed by atoms with van der Waals surface area (Å²) >= 11 is 1.62. The molecule has 0 saturated carbocycles. The zero-order valence-electron chi connectivity index (χ0n) is 16.0. The van der Waals surface area contributed by atoms with Gasteiger partial charge >= 0.3 is 0 Å². The summed E-state index contributed by atoms with van der Waals surface area (Å²) in [7, 11) is 0. The molecule has 3 aromatic carbocycles. The number of carbonyl (C=O) groups is 1. The van der Waals surface area contributed by atoms with Crippen LogP contribution in [0.5, 0.6) is 5.75 Å². The van der Waals surface area contributed by atoms with E-state index in [0.29, 0.717) is 0 Å². The summed E-state index contributed by atoms with van der Waals surface area (Å²) in [5.41, 5.74) is 4.78. The number of aromatic nitrogens is 1. The van der Waals surface area contributed by atoms with Crippen molar-refractivity contribution >= 4 is 22.9 Å². The highest BCUT2D eigenvalue weighted by Gasteiger charge is 2.08. The third-order valence-corrected chi connectivity index (χ3v) is 5.33. The first kappa shape index (κ1) is 18.9. The van der Waals surface area contributed by atoms with E-state index in [0.717, 1.165) is 38.8 Å². The van der Waals surface area contributed by atoms with Gasteiger partial charge in [0, 0.05) is 22.2 Å². The third-order valence-electron chi connectivity index (χ3n) is 4.44. The number of anilines is 1. The van der Waals surface area contributed by atoms with Crippen molar-refractivity contribution < 1.29 is 9.53 Å². The summed E-state index contributed by atoms with van der Waals surface area (Å²) in [5.74, 6) is 0.525. The van der Waals surface area contributed by atoms with Crippen molar-refractivity contribution in [3.8, 4) is 27.6 Å². The molecule has 0 bridgehead atoms. The molecule has 0 aliphatic rings. The molecule has 5 heteroatoms. The standard InChI is InChI=1S/C24H20N2O2S/c1-17-7-5-6-10-22(17)28-15-23(27)25-20-13-11-18(12-14-20)21-16-29-24(26-21)19-8-3-2-4-9-19/h2-14,16H,15H2,1H3,(H,25,27). The fourth-order valence-electron chi connectivity index (χ4n) is 2.90. The van der Waals surface area contributed by atoms with Gasteiger partial charge in [0.2, 0.25) is 0 Å². The number of aryl methyl sites for hydroxylation is 1. The Morgan fingerprint density at radius 3 is 2.41 bits per heavy atom. The van der Waals surface area contributed by atoms with Gasteiger partial charge in [-0.1, -0.05) is 60.7 Å². The Morgan fingerprint density at radius 2 is 1.66 bits per heavy atom. The zero-order chi connectivity index (χ0) is 20.1. The monoisotopic (exact) mass is 400 g/mol. The van der Waals surface area contributed by atoms with E-state index in [4.69, 9.17) is 9.72 Å². The molecule has 1 amide bonds. The molecule has 0 aliphatic heterocycles. The van der Waals surface area contributed by atoms with Gasteiger partial charge in [-0.2, -0.15) is 0 Å². The van der Waals surface area contributed by atoms with Crippen LogP contribution in [0.3, 0.4) is 0 Å². The van der Waals surface area contributed by atoms with Crippen LogP contribution in [0.2, 0.25) is 0 Å². The molecular formula is C24H20N2O2S. The van der Waals surface area contributed by atoms with Crippen LogP contribution in [0.4, 0.5) is 5.69 Å². The number of thiazole rings is 1. The number of hydrogen-bond donors (Lipinski definition) is 1. The fourth-order valence-corrected chi connectivity index (χ4v) is 3.74. The van der Waals surface area contributed by atoms with Crippen molar-refractivity contribution in [2.24, 2.45) is 0 Å². The minimum Gasteiger partial charge on any atom is -0.483 e. The molecular weight excluding hydrogens is 380 g/mol. The molecule has 144 valence electrons. The van der Waals surface area contributed by atoms with Gasteiger partial charge < -0.3 is 10.1 Å². The van der Waals surface area contributed by atoms with Crippen molar-refractivity contribution in [1.82, 2.24) is 4.98 Å². The predicted molar refractivity (Wildman–Crippen MR) is 118 cm³/mol. The van der Waals surface area contributed by atoms with E-state index in [1.807, 2.05) is 79.0 Å². The van der Waals surface area contributed by atoms with Gasteiger partial charge in [-0.3, -0.25) is 4.79 Å². The van der Waals surface area contributed by atoms with E-state index in [2.05, 4.69) is 17.4 Å². The molecule has 4 aromatic rings. The number of amides is 1. The topological polar surface area (TPSA) is 51.2 Å². The Hall–Kier alpha value is -3.44. The maximum Gasteiger partial charge on any atom is 0.262 e. The van der Waals surface area contributed by atoms with Crippen molar-refractivity contribution in [3.05, 3.63) is 89.8 Å². The second kappa shape index (κ2) is 8.71. The highest BCUT2D eigenvalue weighted by atomic mass is 32.1. The van der Waals surface area contributed by atoms with Crippen molar-refractivity contribution in [1.29, 1.82) is 0 Å². The van der Waals surface area contributed by atoms with Gasteiger partial charge in [-0.25, -0.2) is 4.98 Å². The van der Waals surface area contributed by atoms with Gasteiger partial charge in [0.05, 0.1) is 5.69 Å². The van der Waals surface area contributed by atoms with Gasteiger partial charge in [-0.15, -0.1) is 11.3 Å². The van der Waals surface area contributed by atoms with Crippen LogP contribution in [-0.2, 0) is 4.79 Å². The average Bonchev–Trinajstić information content (AvgIpc) is 3.25. The smallest absolute Gasteiger partial charge is 0.262 e. The number of carbonyl (C=O) groups excluding carboxylic acids is 1. The Kier molecular flexibility index (Phi) is 5.68. The van der Waals surface area contributed by atoms with E-state index in [1.54, 1.807) is 11.3 Å². The van der Waals surface area contributed by atoms with Crippen LogP contribution in [0.1, 0.15) is 5.56 Å². The largest absolute Gasteiger partial charge is 0.483 e. The van der Waals surface area contributed by atoms with Crippen LogP contribution < -0.4 is 10.1 Å². The molecule has 1 N–H and O–H groups in total. The summed E-state index contributed by atoms with van der Waals surface area (Å²) in [6, 6.07) is 25.4. The molecule has 0 fully saturated rings. The molecule has 0 spiro atoms. The first-order valence-corrected chi connectivity index (χ1v) is 10.2. The minimum absolute atomic E-state index is 0.0286. The number of benzene rings is 3. The maximum atomic E-state index is 12.2. The molecule has 0 atom stereocenters. The number of ether oxygens (including phenoxy) is 1. The summed E-state index contributed by atoms with van der Waals surface area (Å²) in [5, 5.41) is 5.90. The van der Waals surface area contributed by atoms with Crippen LogP contribution in [0.25, 0.3) is 21.8 Å². The zero-order valence-corrected chi connectivity index (χ0v) is 16.8. The summed E-state index contributed by atoms with van der Waals surface area (Å²) < 4.78 is 5.59. The first-order valence-electron chi connectivity index (χ1n) is 9.29. The molecule has 0 unspecified atom stereocenters. The Balaban J connectivity index is 1.37. The molecule has 1 heterocycles. The lowest BCUT2D eigenvalue weighted by Crippen LogP contribution is -2.20.